The van der Waals surface area contributed by atoms with Crippen LogP contribution in [0, 0.1) is 0 Å². The van der Waals surface area contributed by atoms with Crippen LogP contribution in [-0.4, -0.2) is 4.57 Å². The fourth-order valence-electron chi connectivity index (χ4n) is 2.15. The smallest absolute Gasteiger partial charge is 0.274 e. The van der Waals surface area contributed by atoms with Crippen molar-refractivity contribution >= 4 is 5.69 Å². The van der Waals surface area contributed by atoms with Gasteiger partial charge < -0.3 is 10.3 Å². The van der Waals surface area contributed by atoms with E-state index in [9.17, 15) is 4.79 Å². The fraction of sp³-hybridized carbons (Fsp3) is 0.583. The molecule has 2 N–H and O–H groups in total. The fourth-order valence-corrected chi connectivity index (χ4v) is 2.15. The van der Waals surface area contributed by atoms with Crippen molar-refractivity contribution in [2.24, 2.45) is 0 Å². The Morgan fingerprint density at radius 3 is 2.53 bits per heavy atom. The number of hydrogen-bond acceptors (Lipinski definition) is 2. The van der Waals surface area contributed by atoms with Crippen LogP contribution in [0.5, 0.6) is 0 Å². The second-order valence-corrected chi connectivity index (χ2v) is 4.61. The van der Waals surface area contributed by atoms with Crippen LogP contribution < -0.4 is 11.3 Å². The van der Waals surface area contributed by atoms with Crippen molar-refractivity contribution in [2.45, 2.75) is 45.1 Å². The first-order valence-electron chi connectivity index (χ1n) is 5.62. The molecule has 2 rings (SSSR count). The molecular weight excluding hydrogens is 188 g/mol. The highest BCUT2D eigenvalue weighted by atomic mass is 16.1. The summed E-state index contributed by atoms with van der Waals surface area (Å²) in [6.07, 6.45) is 3.69. The monoisotopic (exact) mass is 206 g/mol. The Balaban J connectivity index is 2.53. The SMILES string of the molecule is CC(C)n1c(C2CCC2)ccc(N)c1=O. The quantitative estimate of drug-likeness (QED) is 0.807. The van der Waals surface area contributed by atoms with Crippen molar-refractivity contribution in [3.05, 3.63) is 28.2 Å². The molecular formula is C12H18N2O. The number of nitrogens with two attached hydrogens (primary N) is 1. The molecule has 0 saturated heterocycles. The highest BCUT2D eigenvalue weighted by Crippen LogP contribution is 2.36. The maximum atomic E-state index is 11.9. The number of nitrogens with zero attached hydrogens (tertiary/aromatic N) is 1. The van der Waals surface area contributed by atoms with Gasteiger partial charge in [-0.1, -0.05) is 6.42 Å². The number of aromatic nitrogens is 1. The van der Waals surface area contributed by atoms with Gasteiger partial charge in [0.1, 0.15) is 0 Å². The van der Waals surface area contributed by atoms with Gasteiger partial charge in [0, 0.05) is 11.7 Å². The lowest BCUT2D eigenvalue weighted by Gasteiger charge is -2.30. The highest BCUT2D eigenvalue weighted by Gasteiger charge is 2.24. The predicted molar refractivity (Wildman–Crippen MR) is 62.1 cm³/mol. The largest absolute Gasteiger partial charge is 0.394 e. The van der Waals surface area contributed by atoms with E-state index in [1.165, 1.54) is 19.3 Å². The van der Waals surface area contributed by atoms with E-state index in [1.54, 1.807) is 6.07 Å². The lowest BCUT2D eigenvalue weighted by Crippen LogP contribution is -2.30. The van der Waals surface area contributed by atoms with Crippen LogP contribution >= 0.6 is 0 Å². The summed E-state index contributed by atoms with van der Waals surface area (Å²) in [6, 6.07) is 3.95. The second-order valence-electron chi connectivity index (χ2n) is 4.61. The summed E-state index contributed by atoms with van der Waals surface area (Å²) in [6.45, 7) is 4.06. The first-order chi connectivity index (χ1) is 7.11. The van der Waals surface area contributed by atoms with Gasteiger partial charge in [-0.25, -0.2) is 0 Å². The molecule has 1 fully saturated rings. The standard InChI is InChI=1S/C12H18N2O/c1-8(2)14-11(9-4-3-5-9)7-6-10(13)12(14)15/h6-9H,3-5,13H2,1-2H3. The van der Waals surface area contributed by atoms with Gasteiger partial charge in [0.25, 0.3) is 5.56 Å². The summed E-state index contributed by atoms with van der Waals surface area (Å²) in [5.41, 5.74) is 7.14. The van der Waals surface area contributed by atoms with Crippen LogP contribution in [0.4, 0.5) is 5.69 Å². The molecule has 3 heteroatoms. The zero-order chi connectivity index (χ0) is 11.0. The number of anilines is 1. The molecule has 3 nitrogen and oxygen atoms in total. The molecule has 0 unspecified atom stereocenters. The summed E-state index contributed by atoms with van der Waals surface area (Å²) >= 11 is 0. The Morgan fingerprint density at radius 1 is 1.40 bits per heavy atom. The van der Waals surface area contributed by atoms with Crippen molar-refractivity contribution in [1.82, 2.24) is 4.57 Å². The summed E-state index contributed by atoms with van der Waals surface area (Å²) in [4.78, 5) is 11.9. The molecule has 15 heavy (non-hydrogen) atoms. The molecule has 0 amide bonds. The van der Waals surface area contributed by atoms with E-state index in [0.717, 1.165) is 5.69 Å². The van der Waals surface area contributed by atoms with Gasteiger partial charge in [-0.3, -0.25) is 4.79 Å². The molecule has 0 aliphatic heterocycles. The maximum absolute atomic E-state index is 11.9. The Morgan fingerprint density at radius 2 is 2.07 bits per heavy atom. The third-order valence-electron chi connectivity index (χ3n) is 3.22. The molecule has 0 spiro atoms. The first-order valence-corrected chi connectivity index (χ1v) is 5.62. The average molecular weight is 206 g/mol. The van der Waals surface area contributed by atoms with Gasteiger partial charge in [0.05, 0.1) is 5.69 Å². The van der Waals surface area contributed by atoms with Gasteiger partial charge in [0.15, 0.2) is 0 Å². The lowest BCUT2D eigenvalue weighted by molar-refractivity contribution is 0.382. The Kier molecular flexibility index (Phi) is 2.55. The first kappa shape index (κ1) is 10.3. The van der Waals surface area contributed by atoms with E-state index in [4.69, 9.17) is 5.73 Å². The summed E-state index contributed by atoms with van der Waals surface area (Å²) < 4.78 is 1.85. The van der Waals surface area contributed by atoms with Crippen molar-refractivity contribution in [1.29, 1.82) is 0 Å². The molecule has 1 aromatic rings. The van der Waals surface area contributed by atoms with Crippen LogP contribution in [0.1, 0.15) is 50.8 Å². The molecule has 0 atom stereocenters. The van der Waals surface area contributed by atoms with Gasteiger partial charge in [-0.05, 0) is 44.7 Å². The topological polar surface area (TPSA) is 48.0 Å². The third kappa shape index (κ3) is 1.66. The van der Waals surface area contributed by atoms with Crippen LogP contribution in [-0.2, 0) is 0 Å². The third-order valence-corrected chi connectivity index (χ3v) is 3.22. The number of pyridine rings is 1. The van der Waals surface area contributed by atoms with E-state index >= 15 is 0 Å². The van der Waals surface area contributed by atoms with E-state index < -0.39 is 0 Å². The Hall–Kier alpha value is -1.25. The van der Waals surface area contributed by atoms with Crippen LogP contribution in [0.3, 0.4) is 0 Å². The molecule has 0 bridgehead atoms. The zero-order valence-electron chi connectivity index (χ0n) is 9.36. The molecule has 0 radical (unpaired) electrons. The summed E-state index contributed by atoms with van der Waals surface area (Å²) in [5.74, 6) is 0.570. The number of rotatable bonds is 2. The Labute approximate surface area is 89.9 Å². The minimum Gasteiger partial charge on any atom is -0.394 e. The van der Waals surface area contributed by atoms with Crippen molar-refractivity contribution < 1.29 is 0 Å². The molecule has 1 aliphatic rings. The molecule has 0 aromatic carbocycles. The molecule has 1 aromatic heterocycles. The Bertz CT molecular complexity index is 416. The van der Waals surface area contributed by atoms with Gasteiger partial charge >= 0.3 is 0 Å². The van der Waals surface area contributed by atoms with E-state index in [-0.39, 0.29) is 11.6 Å². The predicted octanol–water partition coefficient (Wildman–Crippen LogP) is 2.28. The number of nitrogen functional groups attached to an aromatic ring is 1. The minimum absolute atomic E-state index is 0.0330. The maximum Gasteiger partial charge on any atom is 0.274 e. The van der Waals surface area contributed by atoms with Gasteiger partial charge in [-0.15, -0.1) is 0 Å². The van der Waals surface area contributed by atoms with Crippen molar-refractivity contribution in [2.75, 3.05) is 5.73 Å². The normalized spacial score (nSPS) is 16.7. The minimum atomic E-state index is -0.0330. The van der Waals surface area contributed by atoms with E-state index in [0.29, 0.717) is 11.6 Å². The van der Waals surface area contributed by atoms with Crippen molar-refractivity contribution in [3.63, 3.8) is 0 Å². The lowest BCUT2D eigenvalue weighted by atomic mass is 9.82. The average Bonchev–Trinajstić information content (AvgIpc) is 2.08. The molecule has 1 saturated carbocycles. The van der Waals surface area contributed by atoms with Crippen LogP contribution in [0.25, 0.3) is 0 Å². The highest BCUT2D eigenvalue weighted by molar-refractivity contribution is 5.37. The summed E-state index contributed by atoms with van der Waals surface area (Å²) in [5, 5.41) is 0. The zero-order valence-corrected chi connectivity index (χ0v) is 9.36. The number of hydrogen-bond donors (Lipinski definition) is 1. The van der Waals surface area contributed by atoms with Crippen molar-refractivity contribution in [3.8, 4) is 0 Å². The molecule has 1 heterocycles. The summed E-state index contributed by atoms with van der Waals surface area (Å²) in [7, 11) is 0. The van der Waals surface area contributed by atoms with Gasteiger partial charge in [0.2, 0.25) is 0 Å². The second kappa shape index (κ2) is 3.72. The van der Waals surface area contributed by atoms with Crippen LogP contribution in [0.15, 0.2) is 16.9 Å². The van der Waals surface area contributed by atoms with Gasteiger partial charge in [-0.2, -0.15) is 0 Å². The van der Waals surface area contributed by atoms with E-state index in [1.807, 2.05) is 24.5 Å². The van der Waals surface area contributed by atoms with Crippen LogP contribution in [0.2, 0.25) is 0 Å². The molecule has 1 aliphatic carbocycles. The van der Waals surface area contributed by atoms with E-state index in [2.05, 4.69) is 0 Å². The molecule has 82 valence electrons.